The predicted molar refractivity (Wildman–Crippen MR) is 66.5 cm³/mol. The first-order valence-electron chi connectivity index (χ1n) is 5.94. The maximum absolute atomic E-state index is 10.0. The van der Waals surface area contributed by atoms with E-state index in [0.29, 0.717) is 5.75 Å². The molecule has 9 heteroatoms. The zero-order valence-corrected chi connectivity index (χ0v) is 10.4. The van der Waals surface area contributed by atoms with Gasteiger partial charge in [-0.1, -0.05) is 0 Å². The summed E-state index contributed by atoms with van der Waals surface area (Å²) in [6.07, 6.45) is -2.98. The largest absolute Gasteiger partial charge is 0.436 e. The van der Waals surface area contributed by atoms with Crippen LogP contribution in [-0.4, -0.2) is 56.4 Å². The summed E-state index contributed by atoms with van der Waals surface area (Å²) in [4.78, 5) is 9.18. The van der Waals surface area contributed by atoms with Crippen molar-refractivity contribution in [3.8, 4) is 5.75 Å². The zero-order valence-electron chi connectivity index (χ0n) is 10.4. The third kappa shape index (κ3) is 1.79. The van der Waals surface area contributed by atoms with Crippen LogP contribution in [0.2, 0.25) is 0 Å². The third-order valence-electron chi connectivity index (χ3n) is 3.25. The lowest BCUT2D eigenvalue weighted by molar-refractivity contribution is -0.0217. The Kier molecular flexibility index (Phi) is 2.98. The number of anilines is 2. The number of aliphatic hydroxyl groups excluding tert-OH is 3. The van der Waals surface area contributed by atoms with Crippen LogP contribution in [0, 0.1) is 0 Å². The molecule has 20 heavy (non-hydrogen) atoms. The van der Waals surface area contributed by atoms with Gasteiger partial charge in [-0.2, -0.15) is 4.98 Å². The van der Waals surface area contributed by atoms with Crippen LogP contribution in [0.15, 0.2) is 18.7 Å². The first-order chi connectivity index (χ1) is 9.52. The number of nitrogens with two attached hydrogens (primary N) is 1. The summed E-state index contributed by atoms with van der Waals surface area (Å²) in [5.74, 6) is 0.799. The van der Waals surface area contributed by atoms with E-state index < -0.39 is 31.1 Å². The number of ether oxygens (including phenoxy) is 2. The highest BCUT2D eigenvalue weighted by atomic mass is 16.6. The van der Waals surface area contributed by atoms with Gasteiger partial charge in [-0.25, -0.2) is 4.98 Å². The highest BCUT2D eigenvalue weighted by Crippen LogP contribution is 2.40. The summed E-state index contributed by atoms with van der Waals surface area (Å²) in [6.45, 7) is 3.27. The van der Waals surface area contributed by atoms with E-state index in [9.17, 15) is 10.2 Å². The Labute approximate surface area is 113 Å². The summed E-state index contributed by atoms with van der Waals surface area (Å²) >= 11 is 0. The summed E-state index contributed by atoms with van der Waals surface area (Å²) in [5, 5.41) is 28.9. The lowest BCUT2D eigenvalue weighted by atomic mass is 10.1. The first-order valence-corrected chi connectivity index (χ1v) is 5.94. The summed E-state index contributed by atoms with van der Waals surface area (Å²) in [5.41, 5.74) is 5.53. The van der Waals surface area contributed by atoms with E-state index in [4.69, 9.17) is 20.3 Å². The van der Waals surface area contributed by atoms with Gasteiger partial charge in [-0.3, -0.25) is 4.90 Å². The Hall–Kier alpha value is -1.94. The second-order valence-corrected chi connectivity index (χ2v) is 4.51. The molecule has 1 aromatic heterocycles. The topological polar surface area (TPSA) is 134 Å². The maximum Gasteiger partial charge on any atom is 0.222 e. The molecule has 0 radical (unpaired) electrons. The molecule has 2 aliphatic rings. The maximum atomic E-state index is 10.0. The van der Waals surface area contributed by atoms with Gasteiger partial charge in [0.25, 0.3) is 0 Å². The Bertz CT molecular complexity index is 554. The molecule has 108 valence electrons. The number of fused-ring (bicyclic) bond motifs is 1. The summed E-state index contributed by atoms with van der Waals surface area (Å²) in [7, 11) is 0. The van der Waals surface area contributed by atoms with E-state index in [0.717, 1.165) is 0 Å². The molecule has 2 aliphatic heterocycles. The molecule has 3 heterocycles. The van der Waals surface area contributed by atoms with E-state index in [-0.39, 0.29) is 17.6 Å². The second-order valence-electron chi connectivity index (χ2n) is 4.51. The Balaban J connectivity index is 1.96. The van der Waals surface area contributed by atoms with Crippen LogP contribution >= 0.6 is 0 Å². The Morgan fingerprint density at radius 3 is 2.80 bits per heavy atom. The van der Waals surface area contributed by atoms with Crippen molar-refractivity contribution in [1.82, 2.24) is 9.97 Å². The normalized spacial score (nSPS) is 32.4. The van der Waals surface area contributed by atoms with Crippen LogP contribution in [0.1, 0.15) is 0 Å². The minimum Gasteiger partial charge on any atom is -0.436 e. The molecule has 9 nitrogen and oxygen atoms in total. The third-order valence-corrected chi connectivity index (χ3v) is 3.25. The van der Waals surface area contributed by atoms with Crippen molar-refractivity contribution < 1.29 is 24.8 Å². The van der Waals surface area contributed by atoms with Crippen LogP contribution in [-0.2, 0) is 4.74 Å². The zero-order chi connectivity index (χ0) is 14.4. The van der Waals surface area contributed by atoms with Crippen molar-refractivity contribution in [2.75, 3.05) is 17.2 Å². The molecule has 0 unspecified atom stereocenters. The lowest BCUT2D eigenvalue weighted by Gasteiger charge is -2.26. The van der Waals surface area contributed by atoms with Gasteiger partial charge in [0.05, 0.1) is 12.8 Å². The van der Waals surface area contributed by atoms with Gasteiger partial charge in [-0.15, -0.1) is 0 Å². The van der Waals surface area contributed by atoms with E-state index in [1.807, 2.05) is 0 Å². The molecule has 0 saturated carbocycles. The van der Waals surface area contributed by atoms with Crippen LogP contribution in [0.5, 0.6) is 5.75 Å². The van der Waals surface area contributed by atoms with E-state index in [2.05, 4.69) is 16.5 Å². The van der Waals surface area contributed by atoms with Crippen molar-refractivity contribution in [3.63, 3.8) is 0 Å². The van der Waals surface area contributed by atoms with Crippen LogP contribution in [0.25, 0.3) is 0 Å². The number of rotatable bonds is 2. The highest BCUT2D eigenvalue weighted by molar-refractivity contribution is 5.62. The average Bonchev–Trinajstić information content (AvgIpc) is 2.88. The molecule has 4 atom stereocenters. The molecular formula is C11H14N4O5. The molecule has 0 bridgehead atoms. The fourth-order valence-corrected chi connectivity index (χ4v) is 2.27. The molecule has 1 saturated heterocycles. The number of nitrogen functional groups attached to an aromatic ring is 1. The van der Waals surface area contributed by atoms with Gasteiger partial charge in [0.1, 0.15) is 18.3 Å². The quantitative estimate of drug-likeness (QED) is 0.494. The van der Waals surface area contributed by atoms with Gasteiger partial charge in [0.15, 0.2) is 23.7 Å². The fraction of sp³-hybridized carbons (Fsp3) is 0.455. The average molecular weight is 282 g/mol. The summed E-state index contributed by atoms with van der Waals surface area (Å²) < 4.78 is 10.8. The van der Waals surface area contributed by atoms with Gasteiger partial charge >= 0.3 is 0 Å². The van der Waals surface area contributed by atoms with Gasteiger partial charge in [0, 0.05) is 0 Å². The summed E-state index contributed by atoms with van der Waals surface area (Å²) in [6, 6.07) is 0. The van der Waals surface area contributed by atoms with Crippen molar-refractivity contribution in [3.05, 3.63) is 18.7 Å². The molecule has 0 aromatic carbocycles. The second kappa shape index (κ2) is 4.56. The van der Waals surface area contributed by atoms with Crippen molar-refractivity contribution in [2.24, 2.45) is 0 Å². The predicted octanol–water partition coefficient (Wildman–Crippen LogP) is -1.83. The minimum atomic E-state index is -1.25. The van der Waals surface area contributed by atoms with E-state index in [1.54, 1.807) is 0 Å². The van der Waals surface area contributed by atoms with Crippen LogP contribution in [0.3, 0.4) is 0 Å². The van der Waals surface area contributed by atoms with E-state index in [1.165, 1.54) is 11.1 Å². The molecule has 1 aromatic rings. The molecule has 5 N–H and O–H groups in total. The highest BCUT2D eigenvalue weighted by Gasteiger charge is 2.49. The number of hydrogen-bond acceptors (Lipinski definition) is 9. The SMILES string of the molecule is C=C1Oc2cnc(N)nc2N1[C@@H]1O[C@H](CO)[C@@H](O)[C@H]1O. The molecule has 0 aliphatic carbocycles. The van der Waals surface area contributed by atoms with Crippen molar-refractivity contribution >= 4 is 11.8 Å². The van der Waals surface area contributed by atoms with Crippen LogP contribution < -0.4 is 15.4 Å². The van der Waals surface area contributed by atoms with Crippen molar-refractivity contribution in [1.29, 1.82) is 0 Å². The van der Waals surface area contributed by atoms with E-state index >= 15 is 0 Å². The molecule has 1 fully saturated rings. The number of aromatic nitrogens is 2. The molecular weight excluding hydrogens is 268 g/mol. The molecule has 3 rings (SSSR count). The van der Waals surface area contributed by atoms with Gasteiger partial charge < -0.3 is 30.5 Å². The van der Waals surface area contributed by atoms with Gasteiger partial charge in [0.2, 0.25) is 5.95 Å². The smallest absolute Gasteiger partial charge is 0.222 e. The van der Waals surface area contributed by atoms with Crippen LogP contribution in [0.4, 0.5) is 11.8 Å². The number of nitrogens with zero attached hydrogens (tertiary/aromatic N) is 3. The van der Waals surface area contributed by atoms with Crippen molar-refractivity contribution in [2.45, 2.75) is 24.5 Å². The molecule has 0 spiro atoms. The minimum absolute atomic E-state index is 0.0267. The Morgan fingerprint density at radius 2 is 2.15 bits per heavy atom. The fourth-order valence-electron chi connectivity index (χ4n) is 2.27. The number of hydrogen-bond donors (Lipinski definition) is 4. The lowest BCUT2D eigenvalue weighted by Crippen LogP contribution is -2.43. The monoisotopic (exact) mass is 282 g/mol. The molecule has 0 amide bonds. The Morgan fingerprint density at radius 1 is 1.40 bits per heavy atom. The number of aliphatic hydroxyl groups is 3. The van der Waals surface area contributed by atoms with Gasteiger partial charge in [-0.05, 0) is 6.58 Å². The first kappa shape index (κ1) is 13.1. The standard InChI is InChI=1S/C11H14N4O5/c1-4-15(9-5(19-4)2-13-11(12)14-9)10-8(18)7(17)6(3-16)20-10/h2,6-8,10,16-18H,1,3H2,(H2,12,13,14)/t6-,7-,8-,10-/m1/s1.